The van der Waals surface area contributed by atoms with E-state index in [9.17, 15) is 13.2 Å². The summed E-state index contributed by atoms with van der Waals surface area (Å²) in [4.78, 5) is 0. The molecule has 0 aliphatic heterocycles. The second-order valence-electron chi connectivity index (χ2n) is 5.10. The van der Waals surface area contributed by atoms with Crippen molar-refractivity contribution in [2.24, 2.45) is 0 Å². The van der Waals surface area contributed by atoms with Crippen LogP contribution in [0, 0.1) is 17.5 Å². The largest absolute Gasteiger partial charge is 0.310 e. The van der Waals surface area contributed by atoms with Crippen LogP contribution in [-0.4, -0.2) is 6.04 Å². The molecule has 2 aromatic carbocycles. The fraction of sp³-hybridized carbons (Fsp3) is 0.250. The van der Waals surface area contributed by atoms with E-state index >= 15 is 0 Å². The summed E-state index contributed by atoms with van der Waals surface area (Å²) < 4.78 is 40.1. The zero-order chi connectivity index (χ0) is 14.1. The fourth-order valence-electron chi connectivity index (χ4n) is 2.12. The highest BCUT2D eigenvalue weighted by molar-refractivity contribution is 5.64. The van der Waals surface area contributed by atoms with Crippen molar-refractivity contribution in [1.82, 2.24) is 5.32 Å². The SMILES string of the molecule is Fc1ccc(-c2ccc(CNC3CC3)cc2F)cc1F. The summed E-state index contributed by atoms with van der Waals surface area (Å²) in [6.07, 6.45) is 2.35. The molecular weight excluding hydrogens is 263 g/mol. The molecular formula is C16H14F3N. The lowest BCUT2D eigenvalue weighted by Crippen LogP contribution is -2.15. The number of halogens is 3. The molecule has 104 valence electrons. The second-order valence-corrected chi connectivity index (χ2v) is 5.10. The van der Waals surface area contributed by atoms with E-state index in [0.717, 1.165) is 17.7 Å². The highest BCUT2D eigenvalue weighted by Crippen LogP contribution is 2.26. The van der Waals surface area contributed by atoms with Crippen LogP contribution in [0.4, 0.5) is 13.2 Å². The third kappa shape index (κ3) is 2.85. The van der Waals surface area contributed by atoms with Crippen molar-refractivity contribution >= 4 is 0 Å². The predicted octanol–water partition coefficient (Wildman–Crippen LogP) is 4.02. The van der Waals surface area contributed by atoms with E-state index in [4.69, 9.17) is 0 Å². The van der Waals surface area contributed by atoms with E-state index in [-0.39, 0.29) is 5.56 Å². The highest BCUT2D eigenvalue weighted by Gasteiger charge is 2.20. The lowest BCUT2D eigenvalue weighted by atomic mass is 10.0. The van der Waals surface area contributed by atoms with E-state index in [0.29, 0.717) is 18.2 Å². The molecule has 0 heterocycles. The minimum atomic E-state index is -0.971. The van der Waals surface area contributed by atoms with Crippen LogP contribution in [0.1, 0.15) is 18.4 Å². The molecule has 2 aromatic rings. The normalized spacial score (nSPS) is 14.6. The topological polar surface area (TPSA) is 12.0 Å². The van der Waals surface area contributed by atoms with Crippen molar-refractivity contribution < 1.29 is 13.2 Å². The first kappa shape index (κ1) is 13.2. The Balaban J connectivity index is 1.83. The van der Waals surface area contributed by atoms with Crippen LogP contribution >= 0.6 is 0 Å². The first-order chi connectivity index (χ1) is 9.63. The third-order valence-electron chi connectivity index (χ3n) is 3.44. The van der Waals surface area contributed by atoms with Crippen LogP contribution in [0.25, 0.3) is 11.1 Å². The number of hydrogen-bond donors (Lipinski definition) is 1. The maximum Gasteiger partial charge on any atom is 0.159 e. The Hall–Kier alpha value is -1.81. The highest BCUT2D eigenvalue weighted by atomic mass is 19.2. The standard InChI is InChI=1S/C16H14F3N/c17-14-6-2-11(8-16(14)19)13-5-1-10(7-15(13)18)9-20-12-3-4-12/h1-2,5-8,12,20H,3-4,9H2. The molecule has 1 N–H and O–H groups in total. The Morgan fingerprint density at radius 1 is 0.900 bits per heavy atom. The fourth-order valence-corrected chi connectivity index (χ4v) is 2.12. The lowest BCUT2D eigenvalue weighted by Gasteiger charge is -2.08. The molecule has 3 rings (SSSR count). The van der Waals surface area contributed by atoms with Gasteiger partial charge in [-0.2, -0.15) is 0 Å². The smallest absolute Gasteiger partial charge is 0.159 e. The van der Waals surface area contributed by atoms with E-state index in [1.807, 2.05) is 0 Å². The van der Waals surface area contributed by atoms with Crippen molar-refractivity contribution in [2.45, 2.75) is 25.4 Å². The van der Waals surface area contributed by atoms with Gasteiger partial charge in [-0.05, 0) is 42.2 Å². The van der Waals surface area contributed by atoms with Gasteiger partial charge in [-0.3, -0.25) is 0 Å². The third-order valence-corrected chi connectivity index (χ3v) is 3.44. The predicted molar refractivity (Wildman–Crippen MR) is 71.6 cm³/mol. The maximum absolute atomic E-state index is 14.1. The lowest BCUT2D eigenvalue weighted by molar-refractivity contribution is 0.509. The van der Waals surface area contributed by atoms with E-state index in [1.54, 1.807) is 12.1 Å². The van der Waals surface area contributed by atoms with Gasteiger partial charge in [0.05, 0.1) is 0 Å². The van der Waals surface area contributed by atoms with Crippen molar-refractivity contribution in [2.75, 3.05) is 0 Å². The molecule has 0 radical (unpaired) electrons. The molecule has 0 saturated heterocycles. The van der Waals surface area contributed by atoms with Crippen LogP contribution in [0.3, 0.4) is 0 Å². The number of nitrogens with one attached hydrogen (secondary N) is 1. The molecule has 0 aromatic heterocycles. The minimum Gasteiger partial charge on any atom is -0.310 e. The summed E-state index contributed by atoms with van der Waals surface area (Å²) in [7, 11) is 0. The molecule has 1 aliphatic carbocycles. The molecule has 4 heteroatoms. The Bertz CT molecular complexity index is 636. The van der Waals surface area contributed by atoms with Crippen molar-refractivity contribution in [3.63, 3.8) is 0 Å². The molecule has 1 saturated carbocycles. The van der Waals surface area contributed by atoms with Crippen LogP contribution in [0.15, 0.2) is 36.4 Å². The van der Waals surface area contributed by atoms with Crippen LogP contribution < -0.4 is 5.32 Å². The number of benzene rings is 2. The van der Waals surface area contributed by atoms with Gasteiger partial charge in [0.25, 0.3) is 0 Å². The number of rotatable bonds is 4. The monoisotopic (exact) mass is 277 g/mol. The summed E-state index contributed by atoms with van der Waals surface area (Å²) in [5.41, 5.74) is 1.46. The van der Waals surface area contributed by atoms with Crippen LogP contribution in [-0.2, 0) is 6.54 Å². The van der Waals surface area contributed by atoms with Crippen LogP contribution in [0.5, 0.6) is 0 Å². The van der Waals surface area contributed by atoms with Gasteiger partial charge in [-0.15, -0.1) is 0 Å². The molecule has 1 fully saturated rings. The van der Waals surface area contributed by atoms with Crippen molar-refractivity contribution in [1.29, 1.82) is 0 Å². The van der Waals surface area contributed by atoms with Gasteiger partial charge in [-0.25, -0.2) is 13.2 Å². The zero-order valence-electron chi connectivity index (χ0n) is 10.8. The first-order valence-electron chi connectivity index (χ1n) is 6.61. The molecule has 20 heavy (non-hydrogen) atoms. The summed E-state index contributed by atoms with van der Waals surface area (Å²) in [6.45, 7) is 0.625. The van der Waals surface area contributed by atoms with Crippen molar-refractivity contribution in [3.05, 3.63) is 59.4 Å². The summed E-state index contributed by atoms with van der Waals surface area (Å²) in [6, 6.07) is 8.79. The van der Waals surface area contributed by atoms with Gasteiger partial charge < -0.3 is 5.32 Å². The summed E-state index contributed by atoms with van der Waals surface area (Å²) >= 11 is 0. The van der Waals surface area contributed by atoms with Gasteiger partial charge in [-0.1, -0.05) is 18.2 Å². The first-order valence-corrected chi connectivity index (χ1v) is 6.61. The minimum absolute atomic E-state index is 0.277. The molecule has 1 nitrogen and oxygen atoms in total. The zero-order valence-corrected chi connectivity index (χ0v) is 10.8. The van der Waals surface area contributed by atoms with Crippen LogP contribution in [0.2, 0.25) is 0 Å². The molecule has 0 bridgehead atoms. The van der Waals surface area contributed by atoms with Gasteiger partial charge in [0.1, 0.15) is 5.82 Å². The maximum atomic E-state index is 14.1. The Morgan fingerprint density at radius 2 is 1.70 bits per heavy atom. The van der Waals surface area contributed by atoms with Gasteiger partial charge in [0.2, 0.25) is 0 Å². The summed E-state index contributed by atoms with van der Waals surface area (Å²) in [5, 5.41) is 3.30. The molecule has 0 amide bonds. The Labute approximate surface area is 115 Å². The van der Waals surface area contributed by atoms with Crippen molar-refractivity contribution in [3.8, 4) is 11.1 Å². The van der Waals surface area contributed by atoms with Gasteiger partial charge in [0.15, 0.2) is 11.6 Å². The van der Waals surface area contributed by atoms with Gasteiger partial charge in [0, 0.05) is 18.2 Å². The average Bonchev–Trinajstić information content (AvgIpc) is 3.24. The molecule has 0 unspecified atom stereocenters. The molecule has 0 spiro atoms. The molecule has 1 aliphatic rings. The molecule has 0 atom stereocenters. The second kappa shape index (κ2) is 5.29. The van der Waals surface area contributed by atoms with Gasteiger partial charge >= 0.3 is 0 Å². The summed E-state index contributed by atoms with van der Waals surface area (Å²) in [5.74, 6) is -2.33. The average molecular weight is 277 g/mol. The quantitative estimate of drug-likeness (QED) is 0.890. The van der Waals surface area contributed by atoms with E-state index in [1.165, 1.54) is 25.0 Å². The van der Waals surface area contributed by atoms with E-state index in [2.05, 4.69) is 5.32 Å². The Morgan fingerprint density at radius 3 is 2.35 bits per heavy atom. The van der Waals surface area contributed by atoms with E-state index < -0.39 is 17.5 Å². The number of hydrogen-bond acceptors (Lipinski definition) is 1. The Kier molecular flexibility index (Phi) is 3.49.